The Morgan fingerprint density at radius 2 is 1.64 bits per heavy atom. The van der Waals surface area contributed by atoms with Crippen molar-refractivity contribution in [2.45, 2.75) is 62.0 Å². The van der Waals surface area contributed by atoms with Gasteiger partial charge in [-0.2, -0.15) is 13.2 Å². The maximum Gasteiger partial charge on any atom is 0.491 e. The van der Waals surface area contributed by atoms with Crippen molar-refractivity contribution in [2.24, 2.45) is 0 Å². The summed E-state index contributed by atoms with van der Waals surface area (Å²) in [5.41, 5.74) is 1.73. The maximum atomic E-state index is 13.4. The van der Waals surface area contributed by atoms with E-state index >= 15 is 0 Å². The minimum atomic E-state index is -5.26. The molecule has 0 spiro atoms. The zero-order valence-electron chi connectivity index (χ0n) is 22.0. The van der Waals surface area contributed by atoms with E-state index in [0.29, 0.717) is 27.7 Å². The average molecular weight is 585 g/mol. The average Bonchev–Trinajstić information content (AvgIpc) is 3.24. The lowest BCUT2D eigenvalue weighted by atomic mass is 9.91. The smallest absolute Gasteiger partial charge is 0.491 e. The van der Waals surface area contributed by atoms with Gasteiger partial charge in [-0.1, -0.05) is 35.9 Å². The molecule has 1 fully saturated rings. The summed E-state index contributed by atoms with van der Waals surface area (Å²) in [4.78, 5) is 12.1. The fourth-order valence-corrected chi connectivity index (χ4v) is 7.37. The van der Waals surface area contributed by atoms with Gasteiger partial charge in [0.15, 0.2) is 0 Å². The number of alkyl halides is 3. The van der Waals surface area contributed by atoms with E-state index in [1.54, 1.807) is 76.2 Å². The molecule has 0 atom stereocenters. The molecule has 0 unspecified atom stereocenters. The van der Waals surface area contributed by atoms with Crippen molar-refractivity contribution in [3.63, 3.8) is 0 Å². The number of benzene rings is 2. The molecule has 2 heterocycles. The lowest BCUT2D eigenvalue weighted by molar-refractivity contribution is -0.248. The van der Waals surface area contributed by atoms with Crippen LogP contribution in [0.5, 0.6) is 11.6 Å². The summed E-state index contributed by atoms with van der Waals surface area (Å²) in [6, 6.07) is 15.5. The van der Waals surface area contributed by atoms with Crippen LogP contribution in [0.25, 0.3) is 16.9 Å². The Labute approximate surface area is 232 Å². The summed E-state index contributed by atoms with van der Waals surface area (Å²) in [6.45, 7) is 6.54. The number of para-hydroxylation sites is 2. The summed E-state index contributed by atoms with van der Waals surface area (Å²) < 4.78 is 69.4. The number of aromatic nitrogens is 2. The third-order valence-electron chi connectivity index (χ3n) is 6.33. The molecule has 0 N–H and O–H groups in total. The van der Waals surface area contributed by atoms with Gasteiger partial charge in [0.1, 0.15) is 20.9 Å². The van der Waals surface area contributed by atoms with Crippen molar-refractivity contribution in [1.29, 1.82) is 0 Å². The van der Waals surface area contributed by atoms with E-state index in [9.17, 15) is 22.5 Å². The fourth-order valence-electron chi connectivity index (χ4n) is 5.05. The first kappa shape index (κ1) is 29.1. The van der Waals surface area contributed by atoms with E-state index in [1.807, 2.05) is 0 Å². The van der Waals surface area contributed by atoms with Crippen LogP contribution in [0.15, 0.2) is 54.6 Å². The molecular formula is C27H28ClF3N2O5S. The van der Waals surface area contributed by atoms with Crippen LogP contribution in [0.3, 0.4) is 0 Å². The van der Waals surface area contributed by atoms with Crippen molar-refractivity contribution in [3.05, 3.63) is 59.6 Å². The Morgan fingerprint density at radius 3 is 2.21 bits per heavy atom. The highest BCUT2D eigenvalue weighted by Gasteiger charge is 2.62. The van der Waals surface area contributed by atoms with Gasteiger partial charge in [-0.3, -0.25) is 0 Å². The van der Waals surface area contributed by atoms with Gasteiger partial charge in [-0.25, -0.2) is 9.48 Å². The summed E-state index contributed by atoms with van der Waals surface area (Å²) in [5.74, 6) is -4.11. The van der Waals surface area contributed by atoms with Gasteiger partial charge >= 0.3 is 12.1 Å². The van der Waals surface area contributed by atoms with Gasteiger partial charge in [-0.15, -0.1) is 5.10 Å². The molecule has 4 rings (SSSR count). The van der Waals surface area contributed by atoms with Gasteiger partial charge in [0, 0.05) is 16.7 Å². The van der Waals surface area contributed by atoms with Crippen LogP contribution in [-0.4, -0.2) is 48.9 Å². The molecule has 39 heavy (non-hydrogen) atoms. The molecule has 7 nitrogen and oxygen atoms in total. The predicted molar refractivity (Wildman–Crippen MR) is 142 cm³/mol. The van der Waals surface area contributed by atoms with Crippen molar-refractivity contribution in [1.82, 2.24) is 9.78 Å². The SMILES string of the molecule is COc1ccccc1-n1nc(O[C@]2(OC(=O)C(F)(F)F)CC(C)(C)[S@@+]([O-])C(C)(C)C2)cc1-c1ccc(Cl)cc1. The summed E-state index contributed by atoms with van der Waals surface area (Å²) in [5, 5.41) is 5.05. The van der Waals surface area contributed by atoms with E-state index in [2.05, 4.69) is 5.10 Å². The van der Waals surface area contributed by atoms with Crippen LogP contribution < -0.4 is 9.47 Å². The Hall–Kier alpha value is -2.89. The highest BCUT2D eigenvalue weighted by molar-refractivity contribution is 7.94. The first-order valence-corrected chi connectivity index (χ1v) is 13.5. The van der Waals surface area contributed by atoms with E-state index in [1.165, 1.54) is 17.9 Å². The van der Waals surface area contributed by atoms with Gasteiger partial charge in [-0.05, 0) is 63.1 Å². The first-order chi connectivity index (χ1) is 18.1. The number of methoxy groups -OCH3 is 1. The molecule has 1 aliphatic heterocycles. The van der Waals surface area contributed by atoms with Gasteiger partial charge < -0.3 is 18.8 Å². The topological polar surface area (TPSA) is 85.6 Å². The quantitative estimate of drug-likeness (QED) is 0.187. The third-order valence-corrected chi connectivity index (χ3v) is 8.88. The normalized spacial score (nSPS) is 22.3. The molecule has 1 aromatic heterocycles. The third kappa shape index (κ3) is 6.00. The number of carbonyl (C=O) groups excluding carboxylic acids is 1. The standard InChI is InChI=1S/C27H28ClF3N2O5S/c1-24(2)15-26(16-25(3,4)39(24)35,38-23(34)27(29,30)31)37-22-14-20(17-10-12-18(28)13-11-17)33(32-22)19-8-6-7-9-21(19)36-5/h6-14H,15-16H2,1-5H3/t26-,39+. The molecule has 3 aromatic rings. The van der Waals surface area contributed by atoms with Crippen LogP contribution in [0.1, 0.15) is 40.5 Å². The Kier molecular flexibility index (Phi) is 7.65. The molecule has 0 radical (unpaired) electrons. The second-order valence-electron chi connectivity index (χ2n) is 10.5. The highest BCUT2D eigenvalue weighted by atomic mass is 35.5. The summed E-state index contributed by atoms with van der Waals surface area (Å²) >= 11 is 4.60. The van der Waals surface area contributed by atoms with E-state index in [-0.39, 0.29) is 18.7 Å². The van der Waals surface area contributed by atoms with Crippen LogP contribution >= 0.6 is 11.6 Å². The van der Waals surface area contributed by atoms with Crippen molar-refractivity contribution >= 4 is 28.7 Å². The molecule has 12 heteroatoms. The van der Waals surface area contributed by atoms with Crippen molar-refractivity contribution < 1.29 is 36.7 Å². The van der Waals surface area contributed by atoms with E-state index < -0.39 is 38.6 Å². The molecule has 1 saturated heterocycles. The largest absolute Gasteiger partial charge is 0.616 e. The van der Waals surface area contributed by atoms with Gasteiger partial charge in [0.05, 0.1) is 25.6 Å². The number of rotatable bonds is 6. The van der Waals surface area contributed by atoms with Crippen LogP contribution in [-0.2, 0) is 20.7 Å². The second-order valence-corrected chi connectivity index (χ2v) is 13.7. The lowest BCUT2D eigenvalue weighted by Crippen LogP contribution is -2.62. The molecule has 0 bridgehead atoms. The maximum absolute atomic E-state index is 13.4. The van der Waals surface area contributed by atoms with Crippen LogP contribution in [0.4, 0.5) is 13.2 Å². The monoisotopic (exact) mass is 584 g/mol. The summed E-state index contributed by atoms with van der Waals surface area (Å²) in [7, 11) is 1.50. The number of esters is 1. The molecule has 210 valence electrons. The highest BCUT2D eigenvalue weighted by Crippen LogP contribution is 2.49. The zero-order valence-corrected chi connectivity index (χ0v) is 23.5. The zero-order chi connectivity index (χ0) is 28.8. The fraction of sp³-hybridized carbons (Fsp3) is 0.407. The van der Waals surface area contributed by atoms with E-state index in [4.69, 9.17) is 25.8 Å². The number of halogens is 4. The molecule has 1 aliphatic rings. The number of hydrogen-bond donors (Lipinski definition) is 0. The minimum absolute atomic E-state index is 0.0971. The minimum Gasteiger partial charge on any atom is -0.616 e. The van der Waals surface area contributed by atoms with Crippen molar-refractivity contribution in [2.75, 3.05) is 7.11 Å². The summed E-state index contributed by atoms with van der Waals surface area (Å²) in [6.07, 6.45) is -5.77. The number of carbonyl (C=O) groups is 1. The molecule has 0 saturated carbocycles. The molecule has 2 aromatic carbocycles. The lowest BCUT2D eigenvalue weighted by Gasteiger charge is -2.50. The van der Waals surface area contributed by atoms with Crippen LogP contribution in [0.2, 0.25) is 5.02 Å². The van der Waals surface area contributed by atoms with Gasteiger partial charge in [0.2, 0.25) is 5.88 Å². The molecule has 0 amide bonds. The number of ether oxygens (including phenoxy) is 3. The first-order valence-electron chi connectivity index (χ1n) is 12.0. The van der Waals surface area contributed by atoms with E-state index in [0.717, 1.165) is 0 Å². The Morgan fingerprint density at radius 1 is 1.05 bits per heavy atom. The Bertz CT molecular complexity index is 1340. The second kappa shape index (κ2) is 10.3. The Balaban J connectivity index is 1.86. The predicted octanol–water partition coefficient (Wildman–Crippen LogP) is 6.48. The molecule has 0 aliphatic carbocycles. The van der Waals surface area contributed by atoms with Gasteiger partial charge in [0.25, 0.3) is 5.79 Å². The molecular weight excluding hydrogens is 557 g/mol. The van der Waals surface area contributed by atoms with Crippen molar-refractivity contribution in [3.8, 4) is 28.6 Å². The number of nitrogens with zero attached hydrogens (tertiary/aromatic N) is 2. The number of hydrogen-bond acceptors (Lipinski definition) is 6. The van der Waals surface area contributed by atoms with Crippen LogP contribution in [0, 0.1) is 0 Å².